The number of nitro groups is 1. The van der Waals surface area contributed by atoms with Crippen LogP contribution in [0.5, 0.6) is 11.5 Å². The van der Waals surface area contributed by atoms with E-state index in [0.29, 0.717) is 58.2 Å². The number of carbonyl (C=O) groups excluding carboxylic acids is 4. The van der Waals surface area contributed by atoms with Crippen LogP contribution in [-0.2, 0) is 35.9 Å². The van der Waals surface area contributed by atoms with Crippen LogP contribution >= 0.6 is 0 Å². The van der Waals surface area contributed by atoms with E-state index in [4.69, 9.17) is 18.9 Å². The molecular weight excluding hydrogens is 995 g/mol. The van der Waals surface area contributed by atoms with Gasteiger partial charge in [0.1, 0.15) is 42.3 Å². The highest BCUT2D eigenvalue weighted by Crippen LogP contribution is 2.67. The maximum Gasteiger partial charge on any atom is 0.421 e. The normalized spacial score (nSPS) is 21.5. The highest BCUT2D eigenvalue weighted by molar-refractivity contribution is 6.23. The lowest BCUT2D eigenvalue weighted by Crippen LogP contribution is -2.59. The second kappa shape index (κ2) is 21.7. The summed E-state index contributed by atoms with van der Waals surface area (Å²) in [7, 11) is 1.57. The monoisotopic (exact) mass is 1050 g/mol. The maximum atomic E-state index is 16.9. The molecule has 78 heavy (non-hydrogen) atoms. The number of ether oxygens (including phenoxy) is 4. The maximum absolute atomic E-state index is 16.9. The zero-order chi connectivity index (χ0) is 53.9. The molecule has 7 aromatic rings. The van der Waals surface area contributed by atoms with Gasteiger partial charge in [-0.3, -0.25) is 29.4 Å². The van der Waals surface area contributed by atoms with Gasteiger partial charge in [0.05, 0.1) is 42.3 Å². The Labute approximate surface area is 448 Å². The summed E-state index contributed by atoms with van der Waals surface area (Å²) in [5.74, 6) is 4.04. The lowest BCUT2D eigenvalue weighted by atomic mass is 9.64. The molecule has 1 N–H and O–H groups in total. The first-order chi connectivity index (χ1) is 38.1. The van der Waals surface area contributed by atoms with E-state index >= 15 is 19.2 Å². The molecule has 392 valence electrons. The number of imide groups is 1. The number of piperazine rings is 1. The van der Waals surface area contributed by atoms with Gasteiger partial charge in [0, 0.05) is 67.4 Å². The molecule has 18 nitrogen and oxygen atoms in total. The molecule has 3 amide bonds. The molecule has 4 aliphatic heterocycles. The van der Waals surface area contributed by atoms with Crippen LogP contribution in [0.3, 0.4) is 0 Å². The summed E-state index contributed by atoms with van der Waals surface area (Å²) in [4.78, 5) is 90.6. The summed E-state index contributed by atoms with van der Waals surface area (Å²) in [6, 6.07) is 41.3. The van der Waals surface area contributed by atoms with Crippen molar-refractivity contribution in [2.75, 3.05) is 56.3 Å². The number of morpholine rings is 1. The molecule has 0 radical (unpaired) electrons. The van der Waals surface area contributed by atoms with Crippen molar-refractivity contribution < 1.29 is 48.2 Å². The van der Waals surface area contributed by atoms with E-state index in [0.717, 1.165) is 4.90 Å². The van der Waals surface area contributed by atoms with Gasteiger partial charge in [-0.25, -0.2) is 19.7 Å². The van der Waals surface area contributed by atoms with Crippen molar-refractivity contribution in [3.63, 3.8) is 0 Å². The number of aliphatic hydroxyl groups is 1. The molecule has 3 saturated heterocycles. The Balaban J connectivity index is 1.16. The number of carbonyl (C=O) groups is 4. The summed E-state index contributed by atoms with van der Waals surface area (Å²) < 4.78 is 24.4. The van der Waals surface area contributed by atoms with Gasteiger partial charge in [0.15, 0.2) is 0 Å². The van der Waals surface area contributed by atoms with Crippen molar-refractivity contribution in [3.8, 4) is 23.3 Å². The van der Waals surface area contributed by atoms with Gasteiger partial charge < -0.3 is 33.9 Å². The third-order valence-electron chi connectivity index (χ3n) is 14.8. The minimum Gasteiger partial charge on any atom is -0.497 e. The van der Waals surface area contributed by atoms with Crippen LogP contribution in [0.4, 0.5) is 22.1 Å². The van der Waals surface area contributed by atoms with Crippen molar-refractivity contribution in [1.29, 1.82) is 0 Å². The largest absolute Gasteiger partial charge is 0.497 e. The number of para-hydroxylation sites is 1. The van der Waals surface area contributed by atoms with Crippen molar-refractivity contribution in [2.45, 2.75) is 36.3 Å². The third kappa shape index (κ3) is 9.18. The molecule has 1 aromatic heterocycles. The summed E-state index contributed by atoms with van der Waals surface area (Å²) in [5.41, 5.74) is 1.14. The molecular formula is C60H51N7O11. The van der Waals surface area contributed by atoms with Crippen LogP contribution in [0.15, 0.2) is 170 Å². The molecule has 0 bridgehead atoms. The number of hydrogen-bond acceptors (Lipinski definition) is 15. The summed E-state index contributed by atoms with van der Waals surface area (Å²) in [6.45, 7) is 0.0325. The fourth-order valence-electron chi connectivity index (χ4n) is 11.4. The minimum absolute atomic E-state index is 0.0791. The third-order valence-corrected chi connectivity index (χ3v) is 14.8. The SMILES string of the molecule is COc1ccc(C#Cc2ccc3c(c2)C2(C(=O)N3C(=O)OCc3ccc([N+](=O)[O-])cc3)C(C(=O)N3CCN(c4ncccn4)CC3)C3C(=O)OC(c4ccccc4)C(c4ccccc4)N3C2c2ccccc2OCCO)cc1. The lowest BCUT2D eigenvalue weighted by Gasteiger charge is -2.46. The van der Waals surface area contributed by atoms with E-state index in [9.17, 15) is 15.2 Å². The predicted octanol–water partition coefficient (Wildman–Crippen LogP) is 7.52. The lowest BCUT2D eigenvalue weighted by molar-refractivity contribution is -0.384. The Morgan fingerprint density at radius 2 is 1.44 bits per heavy atom. The molecule has 5 heterocycles. The molecule has 6 unspecified atom stereocenters. The van der Waals surface area contributed by atoms with Crippen LogP contribution in [0.2, 0.25) is 0 Å². The Hall–Kier alpha value is -9.44. The number of fused-ring (bicyclic) bond motifs is 3. The van der Waals surface area contributed by atoms with Crippen molar-refractivity contribution in [1.82, 2.24) is 19.8 Å². The number of nitro benzene ring substituents is 1. The smallest absolute Gasteiger partial charge is 0.421 e. The minimum atomic E-state index is -2.18. The number of nitrogens with zero attached hydrogens (tertiary/aromatic N) is 7. The number of non-ortho nitro benzene ring substituents is 1. The summed E-state index contributed by atoms with van der Waals surface area (Å²) >= 11 is 0. The van der Waals surface area contributed by atoms with E-state index in [1.54, 1.807) is 97.2 Å². The first-order valence-corrected chi connectivity index (χ1v) is 25.4. The average molecular weight is 1050 g/mol. The number of benzene rings is 6. The fraction of sp³-hybridized carbons (Fsp3) is 0.233. The van der Waals surface area contributed by atoms with Crippen molar-refractivity contribution in [3.05, 3.63) is 219 Å². The first-order valence-electron chi connectivity index (χ1n) is 25.4. The van der Waals surface area contributed by atoms with E-state index in [-0.39, 0.29) is 55.6 Å². The number of esters is 1. The van der Waals surface area contributed by atoms with Gasteiger partial charge in [-0.2, -0.15) is 0 Å². The number of methoxy groups -OCH3 is 1. The molecule has 11 rings (SSSR count). The van der Waals surface area contributed by atoms with Gasteiger partial charge in [-0.1, -0.05) is 90.7 Å². The Kier molecular flexibility index (Phi) is 14.1. The quantitative estimate of drug-likeness (QED) is 0.0544. The molecule has 6 aromatic carbocycles. The fourth-order valence-corrected chi connectivity index (χ4v) is 11.4. The van der Waals surface area contributed by atoms with Crippen LogP contribution in [0.1, 0.15) is 57.1 Å². The number of cyclic esters (lactones) is 1. The average Bonchev–Trinajstić information content (AvgIpc) is 3.59. The number of anilines is 2. The van der Waals surface area contributed by atoms with Crippen molar-refractivity contribution in [2.24, 2.45) is 5.92 Å². The highest BCUT2D eigenvalue weighted by atomic mass is 16.6. The topological polar surface area (TPSA) is 207 Å². The first kappa shape index (κ1) is 50.7. The molecule has 3 fully saturated rings. The van der Waals surface area contributed by atoms with E-state index in [2.05, 4.69) is 21.8 Å². The van der Waals surface area contributed by atoms with Crippen LogP contribution in [-0.4, -0.2) is 106 Å². The van der Waals surface area contributed by atoms with Crippen molar-refractivity contribution >= 4 is 41.2 Å². The van der Waals surface area contributed by atoms with Gasteiger partial charge in [0.25, 0.3) is 5.69 Å². The Morgan fingerprint density at radius 1 is 0.782 bits per heavy atom. The van der Waals surface area contributed by atoms with Gasteiger partial charge in [0.2, 0.25) is 17.8 Å². The van der Waals surface area contributed by atoms with E-state index < -0.39 is 64.4 Å². The molecule has 6 atom stereocenters. The second-order valence-corrected chi connectivity index (χ2v) is 19.1. The molecule has 0 saturated carbocycles. The number of rotatable bonds is 12. The van der Waals surface area contributed by atoms with Gasteiger partial charge in [-0.15, -0.1) is 0 Å². The number of amides is 3. The van der Waals surface area contributed by atoms with Crippen LogP contribution in [0.25, 0.3) is 0 Å². The number of aliphatic hydroxyl groups excluding tert-OH is 1. The number of aromatic nitrogens is 2. The molecule has 0 aliphatic carbocycles. The summed E-state index contributed by atoms with van der Waals surface area (Å²) in [5, 5.41) is 21.7. The predicted molar refractivity (Wildman–Crippen MR) is 284 cm³/mol. The zero-order valence-electron chi connectivity index (χ0n) is 42.2. The van der Waals surface area contributed by atoms with Gasteiger partial charge >= 0.3 is 12.1 Å². The second-order valence-electron chi connectivity index (χ2n) is 19.1. The highest BCUT2D eigenvalue weighted by Gasteiger charge is 2.76. The van der Waals surface area contributed by atoms with E-state index in [1.165, 1.54) is 24.3 Å². The molecule has 18 heteroatoms. The van der Waals surface area contributed by atoms with E-state index in [1.807, 2.05) is 70.5 Å². The van der Waals surface area contributed by atoms with Crippen LogP contribution in [0, 0.1) is 27.9 Å². The Morgan fingerprint density at radius 3 is 2.12 bits per heavy atom. The van der Waals surface area contributed by atoms with Gasteiger partial charge in [-0.05, 0) is 89.0 Å². The summed E-state index contributed by atoms with van der Waals surface area (Å²) in [6.07, 6.45) is 1.18. The van der Waals surface area contributed by atoms with Crippen LogP contribution < -0.4 is 19.3 Å². The standard InChI is InChI=1S/C60H51N7O11/c1-75-45-26-21-39(22-27-45)17-18-40-23-28-48-47(37-40)60(57(71)65(48)59(72)77-38-41-19-24-44(25-20-41)67(73)74)50(55(69)63-31-33-64(34-32-63)58-61-29-10-30-62-58)52-56(70)78-53(43-13-6-3-7-14-43)51(42-11-4-2-5-12-42)66(52)54(60)46-15-8-9-16-49(46)76-36-35-68/h2-16,19-30,37,50-54,68H,31-36,38H2,1H3. The Bertz CT molecular complexity index is 3440. The zero-order valence-corrected chi connectivity index (χ0v) is 42.2. The molecule has 1 spiro atoms. The number of hydrogen-bond donors (Lipinski definition) is 1. The molecule has 4 aliphatic rings.